The maximum absolute atomic E-state index is 13.4. The maximum atomic E-state index is 13.4. The molecule has 10 heteroatoms. The van der Waals surface area contributed by atoms with Crippen LogP contribution in [0.1, 0.15) is 24.0 Å². The van der Waals surface area contributed by atoms with Crippen LogP contribution in [0.15, 0.2) is 73.4 Å². The monoisotopic (exact) mass is 489 g/mol. The van der Waals surface area contributed by atoms with E-state index in [1.165, 1.54) is 23.3 Å². The smallest absolute Gasteiger partial charge is 0.416 e. The highest BCUT2D eigenvalue weighted by Crippen LogP contribution is 2.41. The van der Waals surface area contributed by atoms with Crippen molar-refractivity contribution in [3.8, 4) is 33.8 Å². The van der Waals surface area contributed by atoms with Crippen LogP contribution in [0.25, 0.3) is 28.1 Å². The highest BCUT2D eigenvalue weighted by Gasteiger charge is 2.37. The molecule has 0 aliphatic heterocycles. The van der Waals surface area contributed by atoms with E-state index in [0.29, 0.717) is 29.1 Å². The molecule has 1 aliphatic rings. The second-order valence-corrected chi connectivity index (χ2v) is 8.15. The minimum Gasteiger partial charge on any atom is -0.490 e. The molecule has 1 fully saturated rings. The average molecular weight is 489 g/mol. The molecule has 35 heavy (non-hydrogen) atoms. The van der Waals surface area contributed by atoms with Crippen molar-refractivity contribution in [2.24, 2.45) is 0 Å². The van der Waals surface area contributed by atoms with Gasteiger partial charge in [0.1, 0.15) is 5.75 Å². The molecule has 0 saturated heterocycles. The van der Waals surface area contributed by atoms with Gasteiger partial charge in [0, 0.05) is 22.9 Å². The zero-order valence-electron chi connectivity index (χ0n) is 17.9. The number of benzene rings is 2. The lowest BCUT2D eigenvalue weighted by Gasteiger charge is -2.18. The van der Waals surface area contributed by atoms with Gasteiger partial charge in [0.2, 0.25) is 0 Å². The van der Waals surface area contributed by atoms with E-state index in [1.807, 2.05) is 24.3 Å². The summed E-state index contributed by atoms with van der Waals surface area (Å²) in [5, 5.41) is 0. The van der Waals surface area contributed by atoms with Crippen molar-refractivity contribution >= 4 is 0 Å². The minimum atomic E-state index is -4.96. The van der Waals surface area contributed by atoms with E-state index in [4.69, 9.17) is 4.74 Å². The Kier molecular flexibility index (Phi) is 5.53. The average Bonchev–Trinajstić information content (AvgIpc) is 3.50. The highest BCUT2D eigenvalue weighted by atomic mass is 19.4. The summed E-state index contributed by atoms with van der Waals surface area (Å²) in [5.74, 6) is 0.627. The van der Waals surface area contributed by atoms with Crippen LogP contribution in [0.5, 0.6) is 5.75 Å². The van der Waals surface area contributed by atoms with Crippen molar-refractivity contribution < 1.29 is 31.1 Å². The first-order chi connectivity index (χ1) is 16.6. The minimum absolute atomic E-state index is 0.0523. The first-order valence-corrected chi connectivity index (χ1v) is 10.6. The number of alkyl halides is 6. The number of nitrogens with zero attached hydrogens (tertiary/aromatic N) is 3. The third kappa shape index (κ3) is 4.73. The summed E-state index contributed by atoms with van der Waals surface area (Å²) < 4.78 is 88.0. The quantitative estimate of drug-likeness (QED) is 0.279. The third-order valence-corrected chi connectivity index (χ3v) is 5.58. The third-order valence-electron chi connectivity index (χ3n) is 5.58. The van der Waals surface area contributed by atoms with Gasteiger partial charge in [-0.25, -0.2) is 4.98 Å². The molecular weight excluding hydrogens is 472 g/mol. The molecular formula is C25H17F6N3O. The molecule has 4 nitrogen and oxygen atoms in total. The zero-order valence-corrected chi connectivity index (χ0v) is 17.9. The summed E-state index contributed by atoms with van der Waals surface area (Å²) in [6, 6.07) is 10.5. The second-order valence-electron chi connectivity index (χ2n) is 8.15. The van der Waals surface area contributed by atoms with Gasteiger partial charge in [0.05, 0.1) is 47.3 Å². The van der Waals surface area contributed by atoms with Crippen LogP contribution in [-0.4, -0.2) is 20.6 Å². The molecule has 0 amide bonds. The molecule has 2 aromatic carbocycles. The van der Waals surface area contributed by atoms with Gasteiger partial charge in [-0.2, -0.15) is 26.3 Å². The molecule has 0 radical (unpaired) electrons. The molecule has 180 valence electrons. The van der Waals surface area contributed by atoms with Crippen LogP contribution in [0.2, 0.25) is 0 Å². The standard InChI is InChI=1S/C25H17F6N3O/c26-24(27,28)16-9-15(10-17(11-16)25(29,30)31)21-12-33-14-34(21)22-13-32-8-7-19(22)20-3-1-2-4-23(20)35-18-5-6-18/h1-4,7-14,18H,5-6H2. The van der Waals surface area contributed by atoms with E-state index in [-0.39, 0.29) is 23.4 Å². The van der Waals surface area contributed by atoms with E-state index in [2.05, 4.69) is 9.97 Å². The Bertz CT molecular complexity index is 1340. The van der Waals surface area contributed by atoms with Crippen LogP contribution in [-0.2, 0) is 12.4 Å². The van der Waals surface area contributed by atoms with Crippen molar-refractivity contribution in [1.29, 1.82) is 0 Å². The predicted molar refractivity (Wildman–Crippen MR) is 116 cm³/mol. The van der Waals surface area contributed by atoms with Gasteiger partial charge in [-0.3, -0.25) is 9.55 Å². The Hall–Kier alpha value is -3.82. The van der Waals surface area contributed by atoms with Gasteiger partial charge in [-0.05, 0) is 43.2 Å². The first-order valence-electron chi connectivity index (χ1n) is 10.6. The molecule has 2 heterocycles. The number of imidazole rings is 1. The van der Waals surface area contributed by atoms with Gasteiger partial charge in [0.15, 0.2) is 0 Å². The number of aromatic nitrogens is 3. The largest absolute Gasteiger partial charge is 0.490 e. The number of hydrogen-bond donors (Lipinski definition) is 0. The number of para-hydroxylation sites is 1. The fourth-order valence-electron chi connectivity index (χ4n) is 3.77. The Morgan fingerprint density at radius 2 is 1.49 bits per heavy atom. The van der Waals surface area contributed by atoms with Crippen molar-refractivity contribution in [3.05, 3.63) is 84.6 Å². The summed E-state index contributed by atoms with van der Waals surface area (Å²) >= 11 is 0. The van der Waals surface area contributed by atoms with Gasteiger partial charge in [0.25, 0.3) is 0 Å². The first kappa shape index (κ1) is 22.9. The van der Waals surface area contributed by atoms with Gasteiger partial charge < -0.3 is 4.74 Å². The summed E-state index contributed by atoms with van der Waals surface area (Å²) in [7, 11) is 0. The Balaban J connectivity index is 1.66. The van der Waals surface area contributed by atoms with Gasteiger partial charge in [-0.1, -0.05) is 18.2 Å². The molecule has 0 N–H and O–H groups in total. The lowest BCUT2D eigenvalue weighted by atomic mass is 10.0. The Labute approximate surface area is 195 Å². The summed E-state index contributed by atoms with van der Waals surface area (Å²) in [5.41, 5.74) is -1.24. The Morgan fingerprint density at radius 3 is 2.14 bits per heavy atom. The highest BCUT2D eigenvalue weighted by molar-refractivity contribution is 5.79. The van der Waals surface area contributed by atoms with Crippen molar-refractivity contribution in [2.45, 2.75) is 31.3 Å². The normalized spacial score (nSPS) is 14.2. The fourth-order valence-corrected chi connectivity index (χ4v) is 3.77. The molecule has 5 rings (SSSR count). The van der Waals surface area contributed by atoms with Crippen molar-refractivity contribution in [2.75, 3.05) is 0 Å². The van der Waals surface area contributed by atoms with E-state index in [0.717, 1.165) is 18.4 Å². The Morgan fingerprint density at radius 1 is 0.800 bits per heavy atom. The number of halogens is 6. The van der Waals surface area contributed by atoms with Crippen molar-refractivity contribution in [1.82, 2.24) is 14.5 Å². The lowest BCUT2D eigenvalue weighted by molar-refractivity contribution is -0.143. The topological polar surface area (TPSA) is 39.9 Å². The summed E-state index contributed by atoms with van der Waals surface area (Å²) in [4.78, 5) is 8.14. The summed E-state index contributed by atoms with van der Waals surface area (Å²) in [6.07, 6.45) is -2.33. The molecule has 2 aromatic heterocycles. The van der Waals surface area contributed by atoms with Crippen molar-refractivity contribution in [3.63, 3.8) is 0 Å². The molecule has 0 spiro atoms. The van der Waals surface area contributed by atoms with Crippen LogP contribution in [0.3, 0.4) is 0 Å². The van der Waals surface area contributed by atoms with E-state index in [1.54, 1.807) is 12.3 Å². The SMILES string of the molecule is FC(F)(F)c1cc(-c2cncn2-c2cnccc2-c2ccccc2OC2CC2)cc(C(F)(F)F)c1. The molecule has 0 unspecified atom stereocenters. The number of hydrogen-bond acceptors (Lipinski definition) is 3. The maximum Gasteiger partial charge on any atom is 0.416 e. The molecule has 0 bridgehead atoms. The van der Waals surface area contributed by atoms with E-state index < -0.39 is 23.5 Å². The molecule has 4 aromatic rings. The van der Waals surface area contributed by atoms with Crippen LogP contribution in [0.4, 0.5) is 26.3 Å². The second kappa shape index (κ2) is 8.44. The zero-order chi connectivity index (χ0) is 24.8. The lowest BCUT2D eigenvalue weighted by Crippen LogP contribution is -2.11. The van der Waals surface area contributed by atoms with E-state index in [9.17, 15) is 26.3 Å². The van der Waals surface area contributed by atoms with Gasteiger partial charge in [-0.15, -0.1) is 0 Å². The molecule has 1 aliphatic carbocycles. The fraction of sp³-hybridized carbons (Fsp3) is 0.200. The van der Waals surface area contributed by atoms with Crippen LogP contribution in [0, 0.1) is 0 Å². The number of rotatable bonds is 5. The van der Waals surface area contributed by atoms with Gasteiger partial charge >= 0.3 is 12.4 Å². The molecule has 0 atom stereocenters. The number of pyridine rings is 1. The summed E-state index contributed by atoms with van der Waals surface area (Å²) in [6.45, 7) is 0. The number of ether oxygens (including phenoxy) is 1. The van der Waals surface area contributed by atoms with Crippen LogP contribution < -0.4 is 4.74 Å². The van der Waals surface area contributed by atoms with E-state index >= 15 is 0 Å². The predicted octanol–water partition coefficient (Wildman–Crippen LogP) is 7.18. The molecule has 1 saturated carbocycles. The van der Waals surface area contributed by atoms with Crippen LogP contribution >= 0.6 is 0 Å².